The summed E-state index contributed by atoms with van der Waals surface area (Å²) in [7, 11) is 2.12. The number of thiophene rings is 1. The lowest BCUT2D eigenvalue weighted by molar-refractivity contribution is -0.660. The van der Waals surface area contributed by atoms with E-state index in [0.717, 1.165) is 0 Å². The maximum Gasteiger partial charge on any atom is 0.213 e. The first-order chi connectivity index (χ1) is 10.6. The molecule has 0 bridgehead atoms. The van der Waals surface area contributed by atoms with Crippen molar-refractivity contribution in [2.75, 3.05) is 0 Å². The van der Waals surface area contributed by atoms with Crippen LogP contribution in [0.15, 0.2) is 54.7 Å². The van der Waals surface area contributed by atoms with Gasteiger partial charge in [0.2, 0.25) is 5.69 Å². The van der Waals surface area contributed by atoms with Crippen molar-refractivity contribution in [2.24, 2.45) is 7.05 Å². The number of aromatic nitrogens is 1. The quantitative estimate of drug-likeness (QED) is 0.427. The van der Waals surface area contributed by atoms with Crippen molar-refractivity contribution in [2.45, 2.75) is 13.8 Å². The third-order valence-electron chi connectivity index (χ3n) is 4.32. The van der Waals surface area contributed by atoms with Crippen molar-refractivity contribution in [1.29, 1.82) is 0 Å². The summed E-state index contributed by atoms with van der Waals surface area (Å²) < 4.78 is 4.97. The molecule has 0 spiro atoms. The topological polar surface area (TPSA) is 3.88 Å². The molecule has 22 heavy (non-hydrogen) atoms. The second-order valence-corrected chi connectivity index (χ2v) is 6.98. The summed E-state index contributed by atoms with van der Waals surface area (Å²) >= 11 is 1.91. The zero-order chi connectivity index (χ0) is 15.3. The Hall–Kier alpha value is -2.19. The van der Waals surface area contributed by atoms with E-state index in [2.05, 4.69) is 80.2 Å². The number of fused-ring (bicyclic) bond motifs is 3. The molecule has 0 amide bonds. The van der Waals surface area contributed by atoms with Crippen LogP contribution in [0.1, 0.15) is 11.1 Å². The summed E-state index contributed by atoms with van der Waals surface area (Å²) in [6.07, 6.45) is 2.12. The molecule has 2 heterocycles. The summed E-state index contributed by atoms with van der Waals surface area (Å²) in [5.74, 6) is 0. The Kier molecular flexibility index (Phi) is 3.02. The highest BCUT2D eigenvalue weighted by Gasteiger charge is 2.18. The molecule has 4 aromatic rings. The van der Waals surface area contributed by atoms with Crippen molar-refractivity contribution in [3.63, 3.8) is 0 Å². The first-order valence-electron chi connectivity index (χ1n) is 7.52. The number of rotatable bonds is 1. The third kappa shape index (κ3) is 1.95. The van der Waals surface area contributed by atoms with Gasteiger partial charge in [0, 0.05) is 32.3 Å². The second kappa shape index (κ2) is 4.92. The Morgan fingerprint density at radius 1 is 0.909 bits per heavy atom. The minimum Gasteiger partial charge on any atom is -0.201 e. The Morgan fingerprint density at radius 3 is 2.55 bits per heavy atom. The fourth-order valence-corrected chi connectivity index (χ4v) is 4.56. The fourth-order valence-electron chi connectivity index (χ4n) is 3.15. The second-order valence-electron chi connectivity index (χ2n) is 5.93. The summed E-state index contributed by atoms with van der Waals surface area (Å²) in [6.45, 7) is 4.37. The normalized spacial score (nSPS) is 11.4. The smallest absolute Gasteiger partial charge is 0.201 e. The lowest BCUT2D eigenvalue weighted by atomic mass is 10.0. The number of hydrogen-bond donors (Lipinski definition) is 0. The van der Waals surface area contributed by atoms with Gasteiger partial charge in [-0.1, -0.05) is 24.3 Å². The Bertz CT molecular complexity index is 1010. The maximum atomic E-state index is 2.30. The van der Waals surface area contributed by atoms with E-state index < -0.39 is 0 Å². The van der Waals surface area contributed by atoms with Crippen LogP contribution in [-0.2, 0) is 7.05 Å². The van der Waals surface area contributed by atoms with Crippen LogP contribution < -0.4 is 4.57 Å². The lowest BCUT2D eigenvalue weighted by Gasteiger charge is -2.05. The summed E-state index contributed by atoms with van der Waals surface area (Å²) in [5, 5.41) is 2.73. The van der Waals surface area contributed by atoms with E-state index in [9.17, 15) is 0 Å². The van der Waals surface area contributed by atoms with Crippen LogP contribution in [0.5, 0.6) is 0 Å². The van der Waals surface area contributed by atoms with E-state index in [-0.39, 0.29) is 0 Å². The fraction of sp³-hybridized carbons (Fsp3) is 0.150. The Morgan fingerprint density at radius 2 is 1.73 bits per heavy atom. The molecular formula is C20H18NS+. The highest BCUT2D eigenvalue weighted by atomic mass is 32.1. The molecule has 0 aliphatic rings. The average Bonchev–Trinajstić information content (AvgIpc) is 2.85. The molecule has 0 atom stereocenters. The molecule has 1 nitrogen and oxygen atoms in total. The molecule has 0 fully saturated rings. The van der Waals surface area contributed by atoms with Crippen molar-refractivity contribution in [3.8, 4) is 11.3 Å². The highest BCUT2D eigenvalue weighted by Crippen LogP contribution is 2.40. The highest BCUT2D eigenvalue weighted by molar-refractivity contribution is 7.26. The SMILES string of the molecule is Cc1ccc2c(c1)sc1c(-c3cccc[n+]3C)c(C)ccc12. The Labute approximate surface area is 134 Å². The number of nitrogens with zero attached hydrogens (tertiary/aromatic N) is 1. The van der Waals surface area contributed by atoms with Crippen LogP contribution in [0.3, 0.4) is 0 Å². The summed E-state index contributed by atoms with van der Waals surface area (Å²) in [4.78, 5) is 0. The van der Waals surface area contributed by atoms with Gasteiger partial charge >= 0.3 is 0 Å². The van der Waals surface area contributed by atoms with Crippen molar-refractivity contribution in [3.05, 3.63) is 65.9 Å². The molecule has 2 heteroatoms. The number of benzene rings is 2. The van der Waals surface area contributed by atoms with Crippen LogP contribution in [-0.4, -0.2) is 0 Å². The van der Waals surface area contributed by atoms with E-state index in [1.165, 1.54) is 42.6 Å². The Balaban J connectivity index is 2.16. The molecule has 0 aliphatic heterocycles. The van der Waals surface area contributed by atoms with Crippen LogP contribution in [0.4, 0.5) is 0 Å². The van der Waals surface area contributed by atoms with Crippen molar-refractivity contribution in [1.82, 2.24) is 0 Å². The molecule has 108 valence electrons. The van der Waals surface area contributed by atoms with Gasteiger partial charge in [0.25, 0.3) is 0 Å². The summed E-state index contributed by atoms with van der Waals surface area (Å²) in [5.41, 5.74) is 5.29. The number of hydrogen-bond acceptors (Lipinski definition) is 1. The van der Waals surface area contributed by atoms with Gasteiger partial charge in [-0.2, -0.15) is 0 Å². The first-order valence-corrected chi connectivity index (χ1v) is 8.34. The van der Waals surface area contributed by atoms with E-state index >= 15 is 0 Å². The van der Waals surface area contributed by atoms with Gasteiger partial charge in [-0.05, 0) is 37.1 Å². The predicted molar refractivity (Wildman–Crippen MR) is 95.4 cm³/mol. The maximum absolute atomic E-state index is 2.30. The van der Waals surface area contributed by atoms with Crippen LogP contribution in [0.25, 0.3) is 31.4 Å². The minimum atomic E-state index is 1.27. The predicted octanol–water partition coefficient (Wildman–Crippen LogP) is 5.16. The zero-order valence-electron chi connectivity index (χ0n) is 13.1. The van der Waals surface area contributed by atoms with Crippen LogP contribution >= 0.6 is 11.3 Å². The van der Waals surface area contributed by atoms with E-state index in [4.69, 9.17) is 0 Å². The molecule has 2 aromatic carbocycles. The van der Waals surface area contributed by atoms with E-state index in [1.807, 2.05) is 11.3 Å². The zero-order valence-corrected chi connectivity index (χ0v) is 13.9. The number of pyridine rings is 1. The number of aryl methyl sites for hydroxylation is 3. The first kappa shape index (κ1) is 13.5. The molecule has 0 unspecified atom stereocenters. The molecule has 0 N–H and O–H groups in total. The van der Waals surface area contributed by atoms with Gasteiger partial charge in [-0.25, -0.2) is 4.57 Å². The average molecular weight is 304 g/mol. The van der Waals surface area contributed by atoms with E-state index in [1.54, 1.807) is 0 Å². The van der Waals surface area contributed by atoms with Crippen LogP contribution in [0, 0.1) is 13.8 Å². The van der Waals surface area contributed by atoms with Crippen LogP contribution in [0.2, 0.25) is 0 Å². The molecular weight excluding hydrogens is 286 g/mol. The van der Waals surface area contributed by atoms with Gasteiger partial charge in [0.1, 0.15) is 7.05 Å². The van der Waals surface area contributed by atoms with Gasteiger partial charge in [-0.15, -0.1) is 11.3 Å². The molecule has 4 rings (SSSR count). The van der Waals surface area contributed by atoms with E-state index in [0.29, 0.717) is 0 Å². The standard InChI is InChI=1S/C20H18NS/c1-13-7-9-15-16-10-8-14(2)19(20(16)22-18(15)12-13)17-6-4-5-11-21(17)3/h4-12H,1-3H3/q+1. The largest absolute Gasteiger partial charge is 0.213 e. The lowest BCUT2D eigenvalue weighted by Crippen LogP contribution is -2.30. The van der Waals surface area contributed by atoms with Gasteiger partial charge in [0.15, 0.2) is 6.20 Å². The van der Waals surface area contributed by atoms with Gasteiger partial charge in [0.05, 0.1) is 5.56 Å². The molecule has 0 saturated heterocycles. The molecule has 0 radical (unpaired) electrons. The van der Waals surface area contributed by atoms with Crippen molar-refractivity contribution >= 4 is 31.5 Å². The van der Waals surface area contributed by atoms with Crippen molar-refractivity contribution < 1.29 is 4.57 Å². The van der Waals surface area contributed by atoms with Gasteiger partial charge in [-0.3, -0.25) is 0 Å². The summed E-state index contributed by atoms with van der Waals surface area (Å²) in [6, 6.07) is 17.7. The molecule has 2 aromatic heterocycles. The molecule has 0 saturated carbocycles. The molecule has 0 aliphatic carbocycles. The third-order valence-corrected chi connectivity index (χ3v) is 5.50. The minimum absolute atomic E-state index is 1.27. The monoisotopic (exact) mass is 304 g/mol. The van der Waals surface area contributed by atoms with Gasteiger partial charge < -0.3 is 0 Å².